The molecule has 1 aromatic rings. The Hall–Kier alpha value is -1.56. The Labute approximate surface area is 139 Å². The number of carbonyl (C=O) groups is 2. The standard InChI is InChI=1S/C16H22BrNO4/c1-16(2,3)22-15(20)18(9-8-14(19)21-4)11-12-6-5-7-13(17)10-12/h5-7,10H,8-9,11H2,1-4H3. The maximum Gasteiger partial charge on any atom is 0.410 e. The zero-order valence-electron chi connectivity index (χ0n) is 13.4. The van der Waals surface area contributed by atoms with E-state index >= 15 is 0 Å². The Morgan fingerprint density at radius 3 is 2.50 bits per heavy atom. The molecule has 0 spiro atoms. The highest BCUT2D eigenvalue weighted by molar-refractivity contribution is 9.10. The van der Waals surface area contributed by atoms with E-state index in [1.807, 2.05) is 45.0 Å². The van der Waals surface area contributed by atoms with Crippen LogP contribution in [-0.4, -0.2) is 36.2 Å². The number of nitrogens with zero attached hydrogens (tertiary/aromatic N) is 1. The van der Waals surface area contributed by atoms with Gasteiger partial charge in [0.1, 0.15) is 5.60 Å². The Morgan fingerprint density at radius 2 is 1.95 bits per heavy atom. The Balaban J connectivity index is 2.81. The molecule has 122 valence electrons. The number of amides is 1. The SMILES string of the molecule is COC(=O)CCN(Cc1cccc(Br)c1)C(=O)OC(C)(C)C. The third-order valence-corrected chi connectivity index (χ3v) is 3.22. The van der Waals surface area contributed by atoms with Gasteiger partial charge in [-0.25, -0.2) is 4.79 Å². The van der Waals surface area contributed by atoms with Crippen molar-refractivity contribution in [1.29, 1.82) is 0 Å². The Kier molecular flexibility index (Phi) is 6.87. The van der Waals surface area contributed by atoms with Crippen LogP contribution in [-0.2, 0) is 20.8 Å². The fourth-order valence-electron chi connectivity index (χ4n) is 1.75. The van der Waals surface area contributed by atoms with Gasteiger partial charge < -0.3 is 14.4 Å². The summed E-state index contributed by atoms with van der Waals surface area (Å²) in [5.74, 6) is -0.359. The second-order valence-corrected chi connectivity index (χ2v) is 6.77. The van der Waals surface area contributed by atoms with Gasteiger partial charge in [0, 0.05) is 17.6 Å². The number of rotatable bonds is 5. The minimum absolute atomic E-state index is 0.129. The van der Waals surface area contributed by atoms with Crippen molar-refractivity contribution in [2.75, 3.05) is 13.7 Å². The third-order valence-electron chi connectivity index (χ3n) is 2.73. The summed E-state index contributed by atoms with van der Waals surface area (Å²) in [6.45, 7) is 6.03. The van der Waals surface area contributed by atoms with E-state index < -0.39 is 11.7 Å². The first-order chi connectivity index (χ1) is 10.2. The highest BCUT2D eigenvalue weighted by Gasteiger charge is 2.23. The van der Waals surface area contributed by atoms with Gasteiger partial charge in [-0.3, -0.25) is 4.79 Å². The number of esters is 1. The van der Waals surface area contributed by atoms with Gasteiger partial charge in [-0.1, -0.05) is 28.1 Å². The molecular formula is C16H22BrNO4. The molecule has 5 nitrogen and oxygen atoms in total. The van der Waals surface area contributed by atoms with E-state index in [4.69, 9.17) is 4.74 Å². The van der Waals surface area contributed by atoms with Crippen LogP contribution in [0.1, 0.15) is 32.8 Å². The summed E-state index contributed by atoms with van der Waals surface area (Å²) >= 11 is 3.40. The smallest absolute Gasteiger partial charge is 0.410 e. The lowest BCUT2D eigenvalue weighted by atomic mass is 10.2. The van der Waals surface area contributed by atoms with Gasteiger partial charge in [-0.15, -0.1) is 0 Å². The lowest BCUT2D eigenvalue weighted by molar-refractivity contribution is -0.140. The van der Waals surface area contributed by atoms with Crippen LogP contribution in [0.25, 0.3) is 0 Å². The van der Waals surface area contributed by atoms with Crippen molar-refractivity contribution in [3.63, 3.8) is 0 Å². The van der Waals surface area contributed by atoms with Crippen LogP contribution in [0.4, 0.5) is 4.79 Å². The van der Waals surface area contributed by atoms with E-state index in [-0.39, 0.29) is 18.9 Å². The number of benzene rings is 1. The van der Waals surface area contributed by atoms with Gasteiger partial charge in [0.25, 0.3) is 0 Å². The highest BCUT2D eigenvalue weighted by atomic mass is 79.9. The van der Waals surface area contributed by atoms with Crippen LogP contribution >= 0.6 is 15.9 Å². The molecule has 22 heavy (non-hydrogen) atoms. The molecule has 0 bridgehead atoms. The lowest BCUT2D eigenvalue weighted by Gasteiger charge is -2.27. The van der Waals surface area contributed by atoms with Crippen molar-refractivity contribution in [3.8, 4) is 0 Å². The normalized spacial score (nSPS) is 11.0. The molecule has 0 unspecified atom stereocenters. The summed E-state index contributed by atoms with van der Waals surface area (Å²) in [7, 11) is 1.33. The van der Waals surface area contributed by atoms with E-state index in [1.165, 1.54) is 12.0 Å². The molecule has 0 saturated heterocycles. The molecule has 0 aromatic heterocycles. The van der Waals surface area contributed by atoms with Gasteiger partial charge in [-0.2, -0.15) is 0 Å². The number of methoxy groups -OCH3 is 1. The number of hydrogen-bond donors (Lipinski definition) is 0. The maximum absolute atomic E-state index is 12.3. The minimum Gasteiger partial charge on any atom is -0.469 e. The molecule has 1 amide bonds. The van der Waals surface area contributed by atoms with Crippen LogP contribution in [0.3, 0.4) is 0 Å². The van der Waals surface area contributed by atoms with E-state index in [0.717, 1.165) is 10.0 Å². The number of carbonyl (C=O) groups excluding carboxylic acids is 2. The van der Waals surface area contributed by atoms with Crippen LogP contribution < -0.4 is 0 Å². The summed E-state index contributed by atoms with van der Waals surface area (Å²) in [4.78, 5) is 25.1. The van der Waals surface area contributed by atoms with Crippen LogP contribution in [0.5, 0.6) is 0 Å². The highest BCUT2D eigenvalue weighted by Crippen LogP contribution is 2.16. The van der Waals surface area contributed by atoms with E-state index in [9.17, 15) is 9.59 Å². The quantitative estimate of drug-likeness (QED) is 0.739. The topological polar surface area (TPSA) is 55.8 Å². The van der Waals surface area contributed by atoms with Crippen molar-refractivity contribution in [2.24, 2.45) is 0 Å². The largest absolute Gasteiger partial charge is 0.469 e. The number of ether oxygens (including phenoxy) is 2. The molecule has 1 aromatic carbocycles. The monoisotopic (exact) mass is 371 g/mol. The second kappa shape index (κ2) is 8.17. The van der Waals surface area contributed by atoms with Crippen molar-refractivity contribution in [3.05, 3.63) is 34.3 Å². The molecule has 0 heterocycles. The van der Waals surface area contributed by atoms with Crippen LogP contribution in [0.15, 0.2) is 28.7 Å². The zero-order chi connectivity index (χ0) is 16.8. The summed E-state index contributed by atoms with van der Waals surface area (Å²) in [6.07, 6.45) is -0.319. The first-order valence-corrected chi connectivity index (χ1v) is 7.80. The average Bonchev–Trinajstić information content (AvgIpc) is 2.41. The van der Waals surface area contributed by atoms with E-state index in [2.05, 4.69) is 20.7 Å². The van der Waals surface area contributed by atoms with Gasteiger partial charge in [-0.05, 0) is 38.5 Å². The molecule has 1 rings (SSSR count). The molecule has 0 aliphatic rings. The van der Waals surface area contributed by atoms with Gasteiger partial charge >= 0.3 is 12.1 Å². The predicted octanol–water partition coefficient (Wildman–Crippen LogP) is 3.75. The van der Waals surface area contributed by atoms with Gasteiger partial charge in [0.05, 0.1) is 13.5 Å². The maximum atomic E-state index is 12.3. The summed E-state index contributed by atoms with van der Waals surface area (Å²) < 4.78 is 10.9. The summed E-state index contributed by atoms with van der Waals surface area (Å²) in [6, 6.07) is 7.65. The van der Waals surface area contributed by atoms with Gasteiger partial charge in [0.2, 0.25) is 0 Å². The fraction of sp³-hybridized carbons (Fsp3) is 0.500. The molecule has 0 N–H and O–H groups in total. The Morgan fingerprint density at radius 1 is 1.27 bits per heavy atom. The Bertz CT molecular complexity index is 525. The number of halogens is 1. The molecule has 0 saturated carbocycles. The summed E-state index contributed by atoms with van der Waals surface area (Å²) in [5.41, 5.74) is 0.364. The number of hydrogen-bond acceptors (Lipinski definition) is 4. The second-order valence-electron chi connectivity index (χ2n) is 5.86. The third kappa shape index (κ3) is 6.93. The van der Waals surface area contributed by atoms with Crippen molar-refractivity contribution >= 4 is 28.0 Å². The zero-order valence-corrected chi connectivity index (χ0v) is 15.0. The van der Waals surface area contributed by atoms with E-state index in [1.54, 1.807) is 0 Å². The average molecular weight is 372 g/mol. The molecule has 6 heteroatoms. The first kappa shape index (κ1) is 18.5. The molecule has 0 aliphatic carbocycles. The fourth-order valence-corrected chi connectivity index (χ4v) is 2.19. The van der Waals surface area contributed by atoms with Crippen LogP contribution in [0, 0.1) is 0 Å². The minimum atomic E-state index is -0.585. The molecule has 0 atom stereocenters. The molecule has 0 radical (unpaired) electrons. The first-order valence-electron chi connectivity index (χ1n) is 7.00. The lowest BCUT2D eigenvalue weighted by Crippen LogP contribution is -2.37. The van der Waals surface area contributed by atoms with Crippen LogP contribution in [0.2, 0.25) is 0 Å². The predicted molar refractivity (Wildman–Crippen MR) is 87.4 cm³/mol. The van der Waals surface area contributed by atoms with E-state index in [0.29, 0.717) is 6.54 Å². The van der Waals surface area contributed by atoms with Crippen molar-refractivity contribution in [1.82, 2.24) is 4.90 Å². The molecule has 0 fully saturated rings. The molecule has 0 aliphatic heterocycles. The summed E-state index contributed by atoms with van der Waals surface area (Å²) in [5, 5.41) is 0. The van der Waals surface area contributed by atoms with Gasteiger partial charge in [0.15, 0.2) is 0 Å². The van der Waals surface area contributed by atoms with Crippen molar-refractivity contribution in [2.45, 2.75) is 39.3 Å². The van der Waals surface area contributed by atoms with Crippen molar-refractivity contribution < 1.29 is 19.1 Å². The molecular weight excluding hydrogens is 350 g/mol.